The Morgan fingerprint density at radius 1 is 0.892 bits per heavy atom. The minimum atomic E-state index is -0.967. The number of nitrogens with two attached hydrogens (primary N) is 2. The van der Waals surface area contributed by atoms with Gasteiger partial charge in [0.25, 0.3) is 0 Å². The summed E-state index contributed by atoms with van der Waals surface area (Å²) in [6.45, 7) is 4.19. The summed E-state index contributed by atoms with van der Waals surface area (Å²) in [5, 5.41) is 5.36. The summed E-state index contributed by atoms with van der Waals surface area (Å²) >= 11 is 0. The molecule has 2 amide bonds. The highest BCUT2D eigenvalue weighted by molar-refractivity contribution is 5.89. The number of benzene rings is 2. The zero-order valence-corrected chi connectivity index (χ0v) is 21.4. The number of amides is 2. The van der Waals surface area contributed by atoms with Gasteiger partial charge in [0.1, 0.15) is 25.3 Å². The van der Waals surface area contributed by atoms with Crippen LogP contribution in [-0.4, -0.2) is 42.6 Å². The third-order valence-corrected chi connectivity index (χ3v) is 5.76. The van der Waals surface area contributed by atoms with Crippen LogP contribution in [-0.2, 0) is 32.3 Å². The Morgan fingerprint density at radius 3 is 2.00 bits per heavy atom. The molecule has 0 bridgehead atoms. The van der Waals surface area contributed by atoms with E-state index in [4.69, 9.17) is 20.9 Å². The van der Waals surface area contributed by atoms with Crippen LogP contribution in [0.15, 0.2) is 65.7 Å². The molecule has 2 aromatic carbocycles. The largest absolute Gasteiger partial charge is 0.459 e. The first-order valence-electron chi connectivity index (χ1n) is 12.3. The Morgan fingerprint density at radius 2 is 1.46 bits per heavy atom. The van der Waals surface area contributed by atoms with Crippen LogP contribution < -0.4 is 22.1 Å². The molecule has 0 fully saturated rings. The fourth-order valence-electron chi connectivity index (χ4n) is 3.42. The van der Waals surface area contributed by atoms with Gasteiger partial charge < -0.3 is 31.6 Å². The van der Waals surface area contributed by atoms with Gasteiger partial charge in [-0.05, 0) is 29.9 Å². The molecule has 0 aliphatic rings. The molecule has 0 radical (unpaired) electrons. The molecule has 6 N–H and O–H groups in total. The van der Waals surface area contributed by atoms with Crippen molar-refractivity contribution in [2.45, 2.75) is 58.4 Å². The molecule has 200 valence electrons. The molecule has 0 saturated carbocycles. The number of rotatable bonds is 14. The summed E-state index contributed by atoms with van der Waals surface area (Å²) in [5.41, 5.74) is 12.4. The van der Waals surface area contributed by atoms with Crippen LogP contribution in [0.5, 0.6) is 0 Å². The van der Waals surface area contributed by atoms with Gasteiger partial charge >= 0.3 is 12.1 Å². The van der Waals surface area contributed by atoms with Crippen molar-refractivity contribution in [1.29, 1.82) is 0 Å². The van der Waals surface area contributed by atoms with Crippen molar-refractivity contribution in [1.82, 2.24) is 10.6 Å². The first kappa shape index (κ1) is 29.2. The van der Waals surface area contributed by atoms with Gasteiger partial charge in [-0.15, -0.1) is 0 Å². The van der Waals surface area contributed by atoms with Crippen LogP contribution in [0.1, 0.15) is 44.2 Å². The van der Waals surface area contributed by atoms with Crippen molar-refractivity contribution in [3.05, 3.63) is 71.8 Å². The molecule has 0 saturated heterocycles. The zero-order valence-electron chi connectivity index (χ0n) is 21.4. The highest BCUT2D eigenvalue weighted by atomic mass is 16.5. The second kappa shape index (κ2) is 15.8. The summed E-state index contributed by atoms with van der Waals surface area (Å²) in [5.74, 6) is -1.32. The Balaban J connectivity index is 2.04. The zero-order chi connectivity index (χ0) is 27.0. The van der Waals surface area contributed by atoms with Crippen LogP contribution in [0.25, 0.3) is 0 Å². The molecule has 0 heterocycles. The van der Waals surface area contributed by atoms with Crippen LogP contribution in [0.4, 0.5) is 4.79 Å². The first-order chi connectivity index (χ1) is 17.8. The molecule has 0 aliphatic heterocycles. The summed E-state index contributed by atoms with van der Waals surface area (Å²) in [6, 6.07) is 16.6. The maximum atomic E-state index is 13.2. The number of carbonyl (C=O) groups is 3. The van der Waals surface area contributed by atoms with E-state index in [2.05, 4.69) is 15.6 Å². The highest BCUT2D eigenvalue weighted by Gasteiger charge is 2.31. The van der Waals surface area contributed by atoms with Gasteiger partial charge in [0.2, 0.25) is 5.91 Å². The summed E-state index contributed by atoms with van der Waals surface area (Å²) in [6.07, 6.45) is 0.529. The highest BCUT2D eigenvalue weighted by Crippen LogP contribution is 2.13. The van der Waals surface area contributed by atoms with Crippen molar-refractivity contribution < 1.29 is 23.9 Å². The molecule has 0 spiro atoms. The molecule has 0 aromatic heterocycles. The topological polar surface area (TPSA) is 158 Å². The van der Waals surface area contributed by atoms with Gasteiger partial charge in [0, 0.05) is 6.54 Å². The van der Waals surface area contributed by atoms with Crippen LogP contribution in [0.2, 0.25) is 0 Å². The van der Waals surface area contributed by atoms with E-state index in [-0.39, 0.29) is 38.1 Å². The number of ether oxygens (including phenoxy) is 2. The Bertz CT molecular complexity index is 1010. The predicted molar refractivity (Wildman–Crippen MR) is 141 cm³/mol. The fourth-order valence-corrected chi connectivity index (χ4v) is 3.42. The van der Waals surface area contributed by atoms with Gasteiger partial charge in [-0.3, -0.25) is 9.79 Å². The Labute approximate surface area is 217 Å². The Kier molecular flexibility index (Phi) is 12.5. The van der Waals surface area contributed by atoms with E-state index >= 15 is 0 Å². The molecular formula is C27H37N5O5. The number of nitrogens with zero attached hydrogens (tertiary/aromatic N) is 1. The number of hydrogen-bond acceptors (Lipinski definition) is 6. The molecule has 0 aliphatic carbocycles. The van der Waals surface area contributed by atoms with E-state index < -0.39 is 30.1 Å². The van der Waals surface area contributed by atoms with Gasteiger partial charge in [-0.2, -0.15) is 0 Å². The van der Waals surface area contributed by atoms with Crippen molar-refractivity contribution >= 4 is 23.9 Å². The van der Waals surface area contributed by atoms with E-state index in [0.29, 0.717) is 12.8 Å². The molecule has 10 nitrogen and oxygen atoms in total. The molecule has 37 heavy (non-hydrogen) atoms. The van der Waals surface area contributed by atoms with E-state index in [1.54, 1.807) is 0 Å². The lowest BCUT2D eigenvalue weighted by Gasteiger charge is -2.25. The number of hydrogen-bond donors (Lipinski definition) is 4. The third kappa shape index (κ3) is 11.0. The summed E-state index contributed by atoms with van der Waals surface area (Å²) < 4.78 is 10.7. The van der Waals surface area contributed by atoms with E-state index in [1.165, 1.54) is 0 Å². The van der Waals surface area contributed by atoms with E-state index in [0.717, 1.165) is 11.1 Å². The van der Waals surface area contributed by atoms with Gasteiger partial charge in [-0.1, -0.05) is 80.9 Å². The summed E-state index contributed by atoms with van der Waals surface area (Å²) in [7, 11) is 0. The normalized spacial score (nSPS) is 12.9. The van der Waals surface area contributed by atoms with Crippen LogP contribution in [0, 0.1) is 5.92 Å². The quantitative estimate of drug-likeness (QED) is 0.131. The maximum Gasteiger partial charge on any atom is 0.408 e. The second-order valence-electron chi connectivity index (χ2n) is 8.67. The number of esters is 1. The Hall–Kier alpha value is -4.08. The number of nitrogens with one attached hydrogen (secondary N) is 2. The fraction of sp³-hybridized carbons (Fsp3) is 0.407. The lowest BCUT2D eigenvalue weighted by atomic mass is 9.98. The minimum absolute atomic E-state index is 0.0519. The summed E-state index contributed by atoms with van der Waals surface area (Å²) in [4.78, 5) is 42.5. The van der Waals surface area contributed by atoms with Gasteiger partial charge in [0.15, 0.2) is 5.96 Å². The minimum Gasteiger partial charge on any atom is -0.459 e. The van der Waals surface area contributed by atoms with Gasteiger partial charge in [-0.25, -0.2) is 9.59 Å². The van der Waals surface area contributed by atoms with Crippen LogP contribution in [0.3, 0.4) is 0 Å². The number of alkyl carbamates (subject to hydrolysis) is 1. The molecule has 2 rings (SSSR count). The average molecular weight is 512 g/mol. The smallest absolute Gasteiger partial charge is 0.408 e. The van der Waals surface area contributed by atoms with Crippen molar-refractivity contribution in [3.8, 4) is 0 Å². The lowest BCUT2D eigenvalue weighted by Crippen LogP contribution is -2.53. The van der Waals surface area contributed by atoms with Crippen molar-refractivity contribution in [3.63, 3.8) is 0 Å². The first-order valence-corrected chi connectivity index (χ1v) is 12.3. The van der Waals surface area contributed by atoms with E-state index in [1.807, 2.05) is 74.5 Å². The third-order valence-electron chi connectivity index (χ3n) is 5.76. The number of aliphatic imine (C=N–C) groups is 1. The number of carbonyl (C=O) groups excluding carboxylic acids is 3. The average Bonchev–Trinajstić information content (AvgIpc) is 2.91. The molecule has 2 aromatic rings. The second-order valence-corrected chi connectivity index (χ2v) is 8.67. The lowest BCUT2D eigenvalue weighted by molar-refractivity contribution is -0.151. The predicted octanol–water partition coefficient (Wildman–Crippen LogP) is 2.61. The van der Waals surface area contributed by atoms with Crippen molar-refractivity contribution in [2.24, 2.45) is 22.4 Å². The van der Waals surface area contributed by atoms with E-state index in [9.17, 15) is 14.4 Å². The maximum absolute atomic E-state index is 13.2. The molecular weight excluding hydrogens is 474 g/mol. The SMILES string of the molecule is CC[C@H](C)[C@H](NC(=O)[C@@H](CCCN=C(N)N)NC(=O)OCc1ccccc1)C(=O)OCc1ccccc1. The van der Waals surface area contributed by atoms with Crippen LogP contribution >= 0.6 is 0 Å². The van der Waals surface area contributed by atoms with Gasteiger partial charge in [0.05, 0.1) is 0 Å². The molecule has 3 atom stereocenters. The molecule has 0 unspecified atom stereocenters. The number of guanidine groups is 1. The molecule has 10 heteroatoms. The monoisotopic (exact) mass is 511 g/mol. The van der Waals surface area contributed by atoms with Crippen molar-refractivity contribution in [2.75, 3.05) is 6.54 Å². The standard InChI is InChI=1S/C27H37N5O5/c1-3-19(2)23(25(34)36-17-20-11-6-4-7-12-20)32-24(33)22(15-10-16-30-26(28)29)31-27(35)37-18-21-13-8-5-9-14-21/h4-9,11-14,19,22-23H,3,10,15-18H2,1-2H3,(H,31,35)(H,32,33)(H4,28,29,30)/t19-,22+,23-/m0/s1.